The van der Waals surface area contributed by atoms with Gasteiger partial charge < -0.3 is 14.4 Å². The van der Waals surface area contributed by atoms with E-state index in [2.05, 4.69) is 6.92 Å². The van der Waals surface area contributed by atoms with E-state index in [1.165, 1.54) is 0 Å². The van der Waals surface area contributed by atoms with E-state index in [9.17, 15) is 4.79 Å². The maximum atomic E-state index is 12.8. The maximum Gasteiger partial charge on any atom is 0.229 e. The Hall–Kier alpha value is -0.320. The summed E-state index contributed by atoms with van der Waals surface area (Å²) in [5.74, 6) is 0.827. The lowest BCUT2D eigenvalue weighted by molar-refractivity contribution is -0.149. The monoisotopic (exact) mass is 289 g/mol. The van der Waals surface area contributed by atoms with Gasteiger partial charge in [0, 0.05) is 6.54 Å². The summed E-state index contributed by atoms with van der Waals surface area (Å²) < 4.78 is 11.4. The maximum absolute atomic E-state index is 12.8. The van der Waals surface area contributed by atoms with Gasteiger partial charge in [-0.1, -0.05) is 6.92 Å². The standard InChI is InChI=1S/C14H24ClNO3/c1-8-7-18-12(5-15)6-16(8)14(17)13-9(2)10(3)19-11(13)4/h8-13H,5-7H2,1-4H3. The average molecular weight is 290 g/mol. The number of nitrogens with zero attached hydrogens (tertiary/aromatic N) is 1. The van der Waals surface area contributed by atoms with Crippen LogP contribution >= 0.6 is 11.6 Å². The molecule has 6 atom stereocenters. The van der Waals surface area contributed by atoms with Crippen molar-refractivity contribution in [3.63, 3.8) is 0 Å². The SMILES string of the molecule is CC1OC(C)C(C(=O)N2CC(CCl)OCC2C)C1C. The van der Waals surface area contributed by atoms with Gasteiger partial charge in [-0.15, -0.1) is 11.6 Å². The molecule has 6 unspecified atom stereocenters. The average Bonchev–Trinajstić information content (AvgIpc) is 2.63. The van der Waals surface area contributed by atoms with E-state index < -0.39 is 0 Å². The molecule has 1 amide bonds. The summed E-state index contributed by atoms with van der Waals surface area (Å²) in [6.45, 7) is 9.31. The summed E-state index contributed by atoms with van der Waals surface area (Å²) in [6, 6.07) is 0.113. The lowest BCUT2D eigenvalue weighted by Gasteiger charge is -2.39. The molecule has 4 nitrogen and oxygen atoms in total. The Bertz CT molecular complexity index is 339. The zero-order chi connectivity index (χ0) is 14.2. The fraction of sp³-hybridized carbons (Fsp3) is 0.929. The van der Waals surface area contributed by atoms with Gasteiger partial charge in [-0.2, -0.15) is 0 Å². The van der Waals surface area contributed by atoms with E-state index in [1.807, 2.05) is 25.7 Å². The van der Waals surface area contributed by atoms with Crippen LogP contribution in [0.25, 0.3) is 0 Å². The van der Waals surface area contributed by atoms with Gasteiger partial charge in [-0.3, -0.25) is 4.79 Å². The zero-order valence-corrected chi connectivity index (χ0v) is 12.9. The highest BCUT2D eigenvalue weighted by Crippen LogP contribution is 2.34. The van der Waals surface area contributed by atoms with Crippen LogP contribution in [0.4, 0.5) is 0 Å². The predicted molar refractivity (Wildman–Crippen MR) is 74.3 cm³/mol. The van der Waals surface area contributed by atoms with Crippen molar-refractivity contribution >= 4 is 17.5 Å². The van der Waals surface area contributed by atoms with Gasteiger partial charge in [0.25, 0.3) is 0 Å². The van der Waals surface area contributed by atoms with Gasteiger partial charge in [0.05, 0.1) is 42.8 Å². The van der Waals surface area contributed by atoms with E-state index in [1.54, 1.807) is 0 Å². The van der Waals surface area contributed by atoms with Crippen molar-refractivity contribution in [2.45, 2.75) is 52.0 Å². The van der Waals surface area contributed by atoms with Crippen LogP contribution in [0, 0.1) is 11.8 Å². The Labute approximate surface area is 120 Å². The number of morpholine rings is 1. The molecule has 110 valence electrons. The molecule has 0 aromatic rings. The lowest BCUT2D eigenvalue weighted by atomic mass is 9.88. The summed E-state index contributed by atoms with van der Waals surface area (Å²) in [7, 11) is 0. The van der Waals surface area contributed by atoms with E-state index in [-0.39, 0.29) is 42.1 Å². The molecule has 0 spiro atoms. The first-order valence-corrected chi connectivity index (χ1v) is 7.62. The molecule has 2 fully saturated rings. The largest absolute Gasteiger partial charge is 0.374 e. The van der Waals surface area contributed by atoms with Gasteiger partial charge in [-0.25, -0.2) is 0 Å². The number of amides is 1. The first kappa shape index (κ1) is 15.1. The minimum atomic E-state index is -0.0495. The Morgan fingerprint density at radius 3 is 2.47 bits per heavy atom. The van der Waals surface area contributed by atoms with Crippen molar-refractivity contribution in [2.24, 2.45) is 11.8 Å². The van der Waals surface area contributed by atoms with Crippen molar-refractivity contribution in [3.05, 3.63) is 0 Å². The molecule has 0 aromatic heterocycles. The van der Waals surface area contributed by atoms with Crippen LogP contribution in [-0.4, -0.2) is 54.2 Å². The molecule has 0 aliphatic carbocycles. The molecule has 0 aromatic carbocycles. The molecular weight excluding hydrogens is 266 g/mol. The summed E-state index contributed by atoms with van der Waals surface area (Å²) in [5, 5.41) is 0. The van der Waals surface area contributed by atoms with Crippen molar-refractivity contribution in [1.29, 1.82) is 0 Å². The van der Waals surface area contributed by atoms with Crippen LogP contribution in [0.15, 0.2) is 0 Å². The van der Waals surface area contributed by atoms with Crippen molar-refractivity contribution in [2.75, 3.05) is 19.0 Å². The van der Waals surface area contributed by atoms with Crippen molar-refractivity contribution in [1.82, 2.24) is 4.90 Å². The van der Waals surface area contributed by atoms with E-state index in [4.69, 9.17) is 21.1 Å². The third-order valence-corrected chi connectivity index (χ3v) is 4.83. The Morgan fingerprint density at radius 1 is 1.26 bits per heavy atom. The summed E-state index contributed by atoms with van der Waals surface area (Å²) in [4.78, 5) is 14.7. The first-order valence-electron chi connectivity index (χ1n) is 7.09. The number of carbonyl (C=O) groups excluding carboxylic acids is 1. The smallest absolute Gasteiger partial charge is 0.229 e. The lowest BCUT2D eigenvalue weighted by Crippen LogP contribution is -2.54. The molecular formula is C14H24ClNO3. The van der Waals surface area contributed by atoms with Gasteiger partial charge in [0.1, 0.15) is 0 Å². The van der Waals surface area contributed by atoms with Crippen molar-refractivity contribution in [3.8, 4) is 0 Å². The highest BCUT2D eigenvalue weighted by Gasteiger charge is 2.45. The normalized spacial score (nSPS) is 43.5. The van der Waals surface area contributed by atoms with Gasteiger partial charge in [0.15, 0.2) is 0 Å². The first-order chi connectivity index (χ1) is 8.95. The summed E-state index contributed by atoms with van der Waals surface area (Å²) in [6.07, 6.45) is 0.0818. The second kappa shape index (κ2) is 5.98. The predicted octanol–water partition coefficient (Wildman–Crippen LogP) is 1.90. The number of hydrogen-bond donors (Lipinski definition) is 0. The third-order valence-electron chi connectivity index (χ3n) is 4.49. The second-order valence-electron chi connectivity index (χ2n) is 5.88. The zero-order valence-electron chi connectivity index (χ0n) is 12.1. The van der Waals surface area contributed by atoms with Crippen LogP contribution in [0.1, 0.15) is 27.7 Å². The molecule has 0 radical (unpaired) electrons. The second-order valence-corrected chi connectivity index (χ2v) is 6.19. The molecule has 2 heterocycles. The molecule has 0 saturated carbocycles. The summed E-state index contributed by atoms with van der Waals surface area (Å²) in [5.41, 5.74) is 0. The van der Waals surface area contributed by atoms with Crippen LogP contribution < -0.4 is 0 Å². The minimum Gasteiger partial charge on any atom is -0.374 e. The molecule has 0 bridgehead atoms. The molecule has 0 N–H and O–H groups in total. The van der Waals surface area contributed by atoms with Gasteiger partial charge in [-0.05, 0) is 26.7 Å². The Morgan fingerprint density at radius 2 is 1.95 bits per heavy atom. The number of ether oxygens (including phenoxy) is 2. The van der Waals surface area contributed by atoms with E-state index in [0.29, 0.717) is 19.0 Å². The number of hydrogen-bond acceptors (Lipinski definition) is 3. The van der Waals surface area contributed by atoms with Crippen LogP contribution in [0.2, 0.25) is 0 Å². The molecule has 2 saturated heterocycles. The minimum absolute atomic E-state index is 0.0120. The van der Waals surface area contributed by atoms with Gasteiger partial charge in [0.2, 0.25) is 5.91 Å². The number of rotatable bonds is 2. The highest BCUT2D eigenvalue weighted by molar-refractivity contribution is 6.18. The van der Waals surface area contributed by atoms with Crippen LogP contribution in [-0.2, 0) is 14.3 Å². The van der Waals surface area contributed by atoms with Crippen LogP contribution in [0.5, 0.6) is 0 Å². The quantitative estimate of drug-likeness (QED) is 0.729. The topological polar surface area (TPSA) is 38.8 Å². The highest BCUT2D eigenvalue weighted by atomic mass is 35.5. The van der Waals surface area contributed by atoms with E-state index in [0.717, 1.165) is 0 Å². The van der Waals surface area contributed by atoms with E-state index >= 15 is 0 Å². The van der Waals surface area contributed by atoms with Crippen LogP contribution in [0.3, 0.4) is 0 Å². The third kappa shape index (κ3) is 2.91. The molecule has 5 heteroatoms. The summed E-state index contributed by atoms with van der Waals surface area (Å²) >= 11 is 5.85. The number of carbonyl (C=O) groups is 1. The Kier molecular flexibility index (Phi) is 4.75. The van der Waals surface area contributed by atoms with Gasteiger partial charge >= 0.3 is 0 Å². The fourth-order valence-corrected chi connectivity index (χ4v) is 3.29. The molecule has 19 heavy (non-hydrogen) atoms. The Balaban J connectivity index is 2.09. The fourth-order valence-electron chi connectivity index (χ4n) is 3.10. The molecule has 2 aliphatic heterocycles. The molecule has 2 aliphatic rings. The van der Waals surface area contributed by atoms with Crippen molar-refractivity contribution < 1.29 is 14.3 Å². The number of alkyl halides is 1. The number of halogens is 1. The molecule has 2 rings (SSSR count).